The number of hydrogen-bond donors (Lipinski definition) is 0. The fourth-order valence-corrected chi connectivity index (χ4v) is 2.09. The van der Waals surface area contributed by atoms with E-state index in [0.29, 0.717) is 13.0 Å². The average Bonchev–Trinajstić information content (AvgIpc) is 2.46. The molecular formula is C19H26O3. The molecule has 1 aliphatic rings. The summed E-state index contributed by atoms with van der Waals surface area (Å²) in [5, 5.41) is 0. The molecule has 120 valence electrons. The first-order valence-electron chi connectivity index (χ1n) is 7.82. The Morgan fingerprint density at radius 1 is 1.32 bits per heavy atom. The van der Waals surface area contributed by atoms with Gasteiger partial charge in [0.1, 0.15) is 6.61 Å². The molecule has 0 N–H and O–H groups in total. The summed E-state index contributed by atoms with van der Waals surface area (Å²) in [7, 11) is 0. The van der Waals surface area contributed by atoms with Gasteiger partial charge in [0, 0.05) is 12.5 Å². The Hall–Kier alpha value is -1.90. The molecule has 0 spiro atoms. The molecular weight excluding hydrogens is 276 g/mol. The smallest absolute Gasteiger partial charge is 0.330 e. The first-order valence-corrected chi connectivity index (χ1v) is 7.82. The number of carbonyl (C=O) groups excluding carboxylic acids is 2. The first-order chi connectivity index (χ1) is 10.5. The van der Waals surface area contributed by atoms with Gasteiger partial charge >= 0.3 is 5.97 Å². The molecule has 0 radical (unpaired) electrons. The van der Waals surface area contributed by atoms with Crippen LogP contribution in [-0.2, 0) is 14.3 Å². The van der Waals surface area contributed by atoms with Gasteiger partial charge in [-0.2, -0.15) is 0 Å². The average molecular weight is 302 g/mol. The number of allylic oxidation sites excluding steroid dienone is 6. The van der Waals surface area contributed by atoms with Crippen molar-refractivity contribution >= 4 is 11.8 Å². The SMILES string of the molecule is CC(C)=CCCC(C)=CCOC(=O)C=CC1C=CC(=O)CC1. The molecule has 3 nitrogen and oxygen atoms in total. The van der Waals surface area contributed by atoms with Crippen molar-refractivity contribution in [1.29, 1.82) is 0 Å². The highest BCUT2D eigenvalue weighted by atomic mass is 16.5. The van der Waals surface area contributed by atoms with E-state index in [-0.39, 0.29) is 17.7 Å². The molecule has 0 heterocycles. The van der Waals surface area contributed by atoms with Crippen molar-refractivity contribution in [2.45, 2.75) is 46.5 Å². The highest BCUT2D eigenvalue weighted by Crippen LogP contribution is 2.16. The summed E-state index contributed by atoms with van der Waals surface area (Å²) >= 11 is 0. The topological polar surface area (TPSA) is 43.4 Å². The van der Waals surface area contributed by atoms with Gasteiger partial charge in [-0.05, 0) is 58.1 Å². The largest absolute Gasteiger partial charge is 0.458 e. The summed E-state index contributed by atoms with van der Waals surface area (Å²) < 4.78 is 5.14. The Kier molecular flexibility index (Phi) is 8.19. The minimum absolute atomic E-state index is 0.154. The predicted molar refractivity (Wildman–Crippen MR) is 89.4 cm³/mol. The minimum atomic E-state index is -0.335. The summed E-state index contributed by atoms with van der Waals surface area (Å²) in [5.41, 5.74) is 2.55. The van der Waals surface area contributed by atoms with Crippen LogP contribution in [-0.4, -0.2) is 18.4 Å². The molecule has 0 aliphatic heterocycles. The van der Waals surface area contributed by atoms with E-state index in [9.17, 15) is 9.59 Å². The molecule has 1 atom stereocenters. The van der Waals surface area contributed by atoms with Gasteiger partial charge in [-0.3, -0.25) is 4.79 Å². The number of hydrogen-bond acceptors (Lipinski definition) is 3. The van der Waals surface area contributed by atoms with Crippen LogP contribution in [0, 0.1) is 5.92 Å². The third-order valence-electron chi connectivity index (χ3n) is 3.48. The second-order valence-electron chi connectivity index (χ2n) is 5.89. The van der Waals surface area contributed by atoms with Crippen LogP contribution in [0.4, 0.5) is 0 Å². The van der Waals surface area contributed by atoms with Gasteiger partial charge in [0.25, 0.3) is 0 Å². The van der Waals surface area contributed by atoms with Crippen LogP contribution in [0.1, 0.15) is 46.5 Å². The maximum Gasteiger partial charge on any atom is 0.330 e. The molecule has 0 bridgehead atoms. The van der Waals surface area contributed by atoms with Crippen molar-refractivity contribution in [1.82, 2.24) is 0 Å². The zero-order chi connectivity index (χ0) is 16.4. The van der Waals surface area contributed by atoms with E-state index in [4.69, 9.17) is 4.74 Å². The number of rotatable bonds is 7. The van der Waals surface area contributed by atoms with Gasteiger partial charge in [0.15, 0.2) is 5.78 Å². The molecule has 3 heteroatoms. The van der Waals surface area contributed by atoms with Crippen molar-refractivity contribution in [3.8, 4) is 0 Å². The highest BCUT2D eigenvalue weighted by molar-refractivity contribution is 5.90. The fourth-order valence-electron chi connectivity index (χ4n) is 2.09. The zero-order valence-corrected chi connectivity index (χ0v) is 13.8. The standard InChI is InChI=1S/C19H26O3/c1-15(2)5-4-6-16(3)13-14-22-19(21)12-9-17-7-10-18(20)11-8-17/h5,7,9-10,12-13,17H,4,6,8,11,14H2,1-3H3. The molecule has 1 aliphatic carbocycles. The van der Waals surface area contributed by atoms with E-state index in [1.807, 2.05) is 19.1 Å². The second-order valence-corrected chi connectivity index (χ2v) is 5.89. The summed E-state index contributed by atoms with van der Waals surface area (Å²) in [6.07, 6.45) is 14.2. The van der Waals surface area contributed by atoms with E-state index < -0.39 is 0 Å². The van der Waals surface area contributed by atoms with Crippen LogP contribution in [0.3, 0.4) is 0 Å². The maximum absolute atomic E-state index is 11.6. The number of esters is 1. The van der Waals surface area contributed by atoms with Crippen LogP contribution in [0.5, 0.6) is 0 Å². The Morgan fingerprint density at radius 2 is 2.09 bits per heavy atom. The monoisotopic (exact) mass is 302 g/mol. The summed E-state index contributed by atoms with van der Waals surface area (Å²) in [6, 6.07) is 0. The molecule has 0 aromatic heterocycles. The number of ketones is 1. The van der Waals surface area contributed by atoms with Gasteiger partial charge in [0.05, 0.1) is 0 Å². The molecule has 0 saturated carbocycles. The van der Waals surface area contributed by atoms with Crippen molar-refractivity contribution < 1.29 is 14.3 Å². The maximum atomic E-state index is 11.6. The van der Waals surface area contributed by atoms with Crippen molar-refractivity contribution in [2.24, 2.45) is 5.92 Å². The van der Waals surface area contributed by atoms with Gasteiger partial charge < -0.3 is 4.74 Å². The molecule has 0 amide bonds. The summed E-state index contributed by atoms with van der Waals surface area (Å²) in [4.78, 5) is 22.6. The third kappa shape index (κ3) is 8.40. The Bertz CT molecular complexity index is 503. The Morgan fingerprint density at radius 3 is 2.73 bits per heavy atom. The third-order valence-corrected chi connectivity index (χ3v) is 3.48. The minimum Gasteiger partial charge on any atom is -0.458 e. The molecule has 22 heavy (non-hydrogen) atoms. The highest BCUT2D eigenvalue weighted by Gasteiger charge is 2.10. The van der Waals surface area contributed by atoms with Gasteiger partial charge in [-0.1, -0.05) is 29.4 Å². The lowest BCUT2D eigenvalue weighted by Crippen LogP contribution is -2.07. The van der Waals surface area contributed by atoms with E-state index in [1.54, 1.807) is 12.2 Å². The van der Waals surface area contributed by atoms with E-state index in [2.05, 4.69) is 19.9 Å². The lowest BCUT2D eigenvalue weighted by molar-refractivity contribution is -0.136. The van der Waals surface area contributed by atoms with Crippen LogP contribution in [0.2, 0.25) is 0 Å². The van der Waals surface area contributed by atoms with Crippen LogP contribution in [0.15, 0.2) is 47.6 Å². The fraction of sp³-hybridized carbons (Fsp3) is 0.474. The van der Waals surface area contributed by atoms with Gasteiger partial charge in [0.2, 0.25) is 0 Å². The summed E-state index contributed by atoms with van der Waals surface area (Å²) in [5.74, 6) is -0.0220. The summed E-state index contributed by atoms with van der Waals surface area (Å²) in [6.45, 7) is 6.53. The van der Waals surface area contributed by atoms with Crippen molar-refractivity contribution in [3.05, 3.63) is 47.6 Å². The lowest BCUT2D eigenvalue weighted by atomic mass is 9.95. The quantitative estimate of drug-likeness (QED) is 0.400. The van der Waals surface area contributed by atoms with E-state index in [1.165, 1.54) is 17.2 Å². The van der Waals surface area contributed by atoms with Crippen molar-refractivity contribution in [2.75, 3.05) is 6.61 Å². The first kappa shape index (κ1) is 18.1. The van der Waals surface area contributed by atoms with Gasteiger partial charge in [-0.25, -0.2) is 4.79 Å². The predicted octanol–water partition coefficient (Wildman–Crippen LogP) is 4.31. The van der Waals surface area contributed by atoms with Gasteiger partial charge in [-0.15, -0.1) is 0 Å². The number of ether oxygens (including phenoxy) is 1. The molecule has 1 rings (SSSR count). The van der Waals surface area contributed by atoms with Crippen LogP contribution < -0.4 is 0 Å². The zero-order valence-electron chi connectivity index (χ0n) is 13.8. The van der Waals surface area contributed by atoms with Crippen LogP contribution in [0.25, 0.3) is 0 Å². The molecule has 0 saturated heterocycles. The molecule has 0 fully saturated rings. The normalized spacial score (nSPS) is 18.6. The Balaban J connectivity index is 2.26. The molecule has 0 aromatic carbocycles. The van der Waals surface area contributed by atoms with E-state index in [0.717, 1.165) is 19.3 Å². The van der Waals surface area contributed by atoms with Crippen molar-refractivity contribution in [3.63, 3.8) is 0 Å². The Labute approximate surface area is 133 Å². The van der Waals surface area contributed by atoms with E-state index >= 15 is 0 Å². The van der Waals surface area contributed by atoms with Crippen LogP contribution >= 0.6 is 0 Å². The molecule has 1 unspecified atom stereocenters. The lowest BCUT2D eigenvalue weighted by Gasteiger charge is -2.10. The molecule has 0 aromatic rings. The number of carbonyl (C=O) groups is 2. The second kappa shape index (κ2) is 9.93.